The first-order valence-electron chi connectivity index (χ1n) is 14.7. The number of carbonyl (C=O) groups is 1. The third-order valence-electron chi connectivity index (χ3n) is 8.68. The number of hydroxylamine groups is 1. The lowest BCUT2D eigenvalue weighted by Crippen LogP contribution is -2.41. The van der Waals surface area contributed by atoms with Crippen LogP contribution < -0.4 is 15.7 Å². The molecule has 3 aliphatic rings. The number of fused-ring (bicyclic) bond motifs is 1. The van der Waals surface area contributed by atoms with Gasteiger partial charge in [0.05, 0.1) is 46.7 Å². The molecule has 10 nitrogen and oxygen atoms in total. The van der Waals surface area contributed by atoms with Crippen molar-refractivity contribution in [1.82, 2.24) is 30.3 Å². The van der Waals surface area contributed by atoms with Gasteiger partial charge in [-0.05, 0) is 42.4 Å². The van der Waals surface area contributed by atoms with E-state index in [0.29, 0.717) is 42.1 Å². The van der Waals surface area contributed by atoms with E-state index in [9.17, 15) is 4.79 Å². The number of imidazole rings is 1. The van der Waals surface area contributed by atoms with Gasteiger partial charge in [-0.25, -0.2) is 14.8 Å². The number of hydrogen-bond donors (Lipinski definition) is 2. The monoisotopic (exact) mass is 587 g/mol. The molecule has 1 aliphatic carbocycles. The van der Waals surface area contributed by atoms with E-state index in [0.717, 1.165) is 35.0 Å². The van der Waals surface area contributed by atoms with Crippen molar-refractivity contribution < 1.29 is 14.4 Å². The van der Waals surface area contributed by atoms with Crippen molar-refractivity contribution in [3.63, 3.8) is 0 Å². The Morgan fingerprint density at radius 3 is 2.67 bits per heavy atom. The summed E-state index contributed by atoms with van der Waals surface area (Å²) >= 11 is 6.43. The molecule has 42 heavy (non-hydrogen) atoms. The zero-order valence-corrected chi connectivity index (χ0v) is 24.3. The summed E-state index contributed by atoms with van der Waals surface area (Å²) in [6, 6.07) is 14.3. The lowest BCUT2D eigenvalue weighted by atomic mass is 9.83. The SMILES string of the molecule is CC1CCC(Cn2c(N3CCOC[C@H]3c3ccccc3)nc3cc(C4NOC(=O)N4)nc(-c4cncc(Cl)c4)c32)CC1. The maximum atomic E-state index is 11.9. The molecule has 0 spiro atoms. The molecule has 2 N–H and O–H groups in total. The van der Waals surface area contributed by atoms with Gasteiger partial charge in [0.15, 0.2) is 6.17 Å². The van der Waals surface area contributed by atoms with Crippen LogP contribution in [0.25, 0.3) is 22.3 Å². The summed E-state index contributed by atoms with van der Waals surface area (Å²) in [4.78, 5) is 34.0. The molecule has 2 aliphatic heterocycles. The van der Waals surface area contributed by atoms with Gasteiger partial charge in [-0.1, -0.05) is 61.7 Å². The number of ether oxygens (including phenoxy) is 1. The number of pyridine rings is 2. The normalized spacial score (nSPS) is 24.5. The number of nitrogens with zero attached hydrogens (tertiary/aromatic N) is 5. The van der Waals surface area contributed by atoms with Crippen LogP contribution in [0.1, 0.15) is 56.1 Å². The number of nitrogens with one attached hydrogen (secondary N) is 2. The third-order valence-corrected chi connectivity index (χ3v) is 8.88. The van der Waals surface area contributed by atoms with Crippen LogP contribution in [0.2, 0.25) is 5.02 Å². The van der Waals surface area contributed by atoms with Crippen LogP contribution >= 0.6 is 11.6 Å². The number of hydrogen-bond acceptors (Lipinski definition) is 8. The van der Waals surface area contributed by atoms with Crippen molar-refractivity contribution in [2.24, 2.45) is 11.8 Å². The number of carbonyl (C=O) groups excluding carboxylic acids is 1. The van der Waals surface area contributed by atoms with Gasteiger partial charge in [0, 0.05) is 31.0 Å². The second-order valence-electron chi connectivity index (χ2n) is 11.6. The van der Waals surface area contributed by atoms with E-state index in [1.165, 1.54) is 31.2 Å². The molecule has 5 heterocycles. The molecular formula is C31H34ClN7O3. The van der Waals surface area contributed by atoms with Gasteiger partial charge in [0.25, 0.3) is 0 Å². The highest BCUT2D eigenvalue weighted by Gasteiger charge is 2.33. The van der Waals surface area contributed by atoms with Crippen molar-refractivity contribution in [2.45, 2.75) is 51.4 Å². The zero-order valence-electron chi connectivity index (χ0n) is 23.5. The Hall–Kier alpha value is -3.73. The lowest BCUT2D eigenvalue weighted by Gasteiger charge is -2.37. The minimum absolute atomic E-state index is 0.0230. The third kappa shape index (κ3) is 5.30. The summed E-state index contributed by atoms with van der Waals surface area (Å²) in [5.74, 6) is 2.19. The molecule has 3 fully saturated rings. The average Bonchev–Trinajstić information content (AvgIpc) is 3.62. The molecule has 1 unspecified atom stereocenters. The topological polar surface area (TPSA) is 106 Å². The molecule has 2 saturated heterocycles. The average molecular weight is 588 g/mol. The molecule has 1 aromatic carbocycles. The Labute approximate surface area is 249 Å². The highest BCUT2D eigenvalue weighted by molar-refractivity contribution is 6.30. The highest BCUT2D eigenvalue weighted by Crippen LogP contribution is 2.39. The molecule has 4 aromatic rings. The standard InChI is InChI=1S/C31H34ClN7O3/c1-19-7-9-20(10-8-19)17-39-28-24(35-30(39)38-11-12-41-18-26(38)21-5-3-2-4-6-21)14-25(29-36-31(40)42-37-29)34-27(28)22-13-23(32)16-33-15-22/h2-6,13-16,19-20,26,29,37H,7-12,17-18H2,1H3,(H,36,40)/t19?,20?,26-,29?/m0/s1. The lowest BCUT2D eigenvalue weighted by molar-refractivity contribution is 0.0927. The fraction of sp³-hybridized carbons (Fsp3) is 0.419. The van der Waals surface area contributed by atoms with E-state index in [-0.39, 0.29) is 6.04 Å². The van der Waals surface area contributed by atoms with Crippen molar-refractivity contribution in [2.75, 3.05) is 24.7 Å². The van der Waals surface area contributed by atoms with Crippen LogP contribution in [0.5, 0.6) is 0 Å². The number of aromatic nitrogens is 4. The second-order valence-corrected chi connectivity index (χ2v) is 12.0. The summed E-state index contributed by atoms with van der Waals surface area (Å²) in [5, 5.41) is 3.29. The van der Waals surface area contributed by atoms with Crippen LogP contribution in [0.3, 0.4) is 0 Å². The predicted molar refractivity (Wildman–Crippen MR) is 160 cm³/mol. The first-order valence-corrected chi connectivity index (χ1v) is 15.1. The quantitative estimate of drug-likeness (QED) is 0.292. The zero-order chi connectivity index (χ0) is 28.6. The summed E-state index contributed by atoms with van der Waals surface area (Å²) in [7, 11) is 0. The van der Waals surface area contributed by atoms with Gasteiger partial charge in [-0.2, -0.15) is 0 Å². The Morgan fingerprint density at radius 2 is 1.90 bits per heavy atom. The Balaban J connectivity index is 1.42. The molecule has 7 rings (SSSR count). The molecule has 0 bridgehead atoms. The number of benzene rings is 1. The number of anilines is 1. The summed E-state index contributed by atoms with van der Waals surface area (Å²) in [6.45, 7) is 5.10. The number of rotatable bonds is 6. The van der Waals surface area contributed by atoms with Gasteiger partial charge in [-0.3, -0.25) is 10.3 Å². The smallest absolute Gasteiger partial charge is 0.377 e. The van der Waals surface area contributed by atoms with E-state index >= 15 is 0 Å². The number of halogens is 1. The molecule has 2 atom stereocenters. The van der Waals surface area contributed by atoms with Crippen molar-refractivity contribution in [3.8, 4) is 11.3 Å². The first-order chi connectivity index (χ1) is 20.5. The molecule has 1 amide bonds. The van der Waals surface area contributed by atoms with Gasteiger partial charge in [0.2, 0.25) is 5.95 Å². The fourth-order valence-electron chi connectivity index (χ4n) is 6.43. The van der Waals surface area contributed by atoms with Crippen LogP contribution in [0, 0.1) is 11.8 Å². The van der Waals surface area contributed by atoms with E-state index in [2.05, 4.69) is 56.4 Å². The van der Waals surface area contributed by atoms with Crippen LogP contribution in [-0.4, -0.2) is 45.4 Å². The van der Waals surface area contributed by atoms with Gasteiger partial charge in [0.1, 0.15) is 0 Å². The minimum Gasteiger partial charge on any atom is -0.377 e. The van der Waals surface area contributed by atoms with Crippen LogP contribution in [0.4, 0.5) is 10.7 Å². The summed E-state index contributed by atoms with van der Waals surface area (Å²) < 4.78 is 8.35. The first kappa shape index (κ1) is 27.1. The summed E-state index contributed by atoms with van der Waals surface area (Å²) in [5.41, 5.74) is 7.73. The minimum atomic E-state index is -0.610. The Morgan fingerprint density at radius 1 is 1.07 bits per heavy atom. The van der Waals surface area contributed by atoms with Gasteiger partial charge < -0.3 is 19.0 Å². The van der Waals surface area contributed by atoms with E-state index in [4.69, 9.17) is 31.1 Å². The van der Waals surface area contributed by atoms with E-state index in [1.807, 2.05) is 18.2 Å². The molecular weight excluding hydrogens is 554 g/mol. The summed E-state index contributed by atoms with van der Waals surface area (Å²) in [6.07, 6.45) is 7.06. The molecule has 1 saturated carbocycles. The Bertz CT molecular complexity index is 1590. The predicted octanol–water partition coefficient (Wildman–Crippen LogP) is 5.79. The maximum Gasteiger partial charge on any atom is 0.427 e. The molecule has 0 radical (unpaired) electrons. The van der Waals surface area contributed by atoms with Crippen LogP contribution in [-0.2, 0) is 16.1 Å². The molecule has 218 valence electrons. The molecule has 11 heteroatoms. The van der Waals surface area contributed by atoms with Crippen molar-refractivity contribution in [3.05, 3.63) is 71.1 Å². The fourth-order valence-corrected chi connectivity index (χ4v) is 6.61. The number of morpholine rings is 1. The second kappa shape index (κ2) is 11.5. The van der Waals surface area contributed by atoms with Gasteiger partial charge >= 0.3 is 6.09 Å². The largest absolute Gasteiger partial charge is 0.427 e. The molecule has 3 aromatic heterocycles. The van der Waals surface area contributed by atoms with Crippen molar-refractivity contribution >= 4 is 34.7 Å². The van der Waals surface area contributed by atoms with Crippen LogP contribution in [0.15, 0.2) is 54.9 Å². The maximum absolute atomic E-state index is 11.9. The Kier molecular flexibility index (Phi) is 7.43. The van der Waals surface area contributed by atoms with E-state index < -0.39 is 12.3 Å². The van der Waals surface area contributed by atoms with E-state index in [1.54, 1.807) is 12.4 Å². The highest BCUT2D eigenvalue weighted by atomic mass is 35.5. The van der Waals surface area contributed by atoms with Crippen molar-refractivity contribution in [1.29, 1.82) is 0 Å². The number of amides is 1. The van der Waals surface area contributed by atoms with Gasteiger partial charge in [-0.15, -0.1) is 5.48 Å².